The van der Waals surface area contributed by atoms with Gasteiger partial charge in [0.2, 0.25) is 0 Å². The van der Waals surface area contributed by atoms with Crippen molar-refractivity contribution >= 4 is 7.80 Å². The molecule has 2 heteroatoms. The summed E-state index contributed by atoms with van der Waals surface area (Å²) in [5, 5.41) is 0. The van der Waals surface area contributed by atoms with E-state index < -0.39 is 7.80 Å². The monoisotopic (exact) mass is 173 g/mol. The minimum Gasteiger partial charge on any atom is -0.287 e. The average molecular weight is 173 g/mol. The number of unbranched alkanes of at least 4 members (excludes halogenated alkanes) is 2. The van der Waals surface area contributed by atoms with Gasteiger partial charge in [0, 0.05) is 11.8 Å². The Hall–Kier alpha value is 0.100. The van der Waals surface area contributed by atoms with Crippen molar-refractivity contribution < 1.29 is 4.57 Å². The predicted molar refractivity (Wildman–Crippen MR) is 49.6 cm³/mol. The maximum Gasteiger partial charge on any atom is 0.0750 e. The Morgan fingerprint density at radius 2 is 2.27 bits per heavy atom. The van der Waals surface area contributed by atoms with Gasteiger partial charge in [-0.25, -0.2) is 0 Å². The molecule has 1 heterocycles. The zero-order valence-electron chi connectivity index (χ0n) is 7.38. The third kappa shape index (κ3) is 2.91. The highest BCUT2D eigenvalue weighted by Crippen LogP contribution is 2.41. The van der Waals surface area contributed by atoms with E-state index in [1.165, 1.54) is 38.5 Å². The van der Waals surface area contributed by atoms with E-state index in [-0.39, 0.29) is 0 Å². The van der Waals surface area contributed by atoms with Gasteiger partial charge in [-0.2, -0.15) is 0 Å². The first-order valence-electron chi connectivity index (χ1n) is 4.78. The smallest absolute Gasteiger partial charge is 0.0750 e. The maximum absolute atomic E-state index is 11.3. The Balaban J connectivity index is 2.10. The second-order valence-corrected chi connectivity index (χ2v) is 5.44. The van der Waals surface area contributed by atoms with E-state index in [2.05, 4.69) is 6.92 Å². The van der Waals surface area contributed by atoms with Crippen LogP contribution in [-0.2, 0) is 4.57 Å². The summed E-state index contributed by atoms with van der Waals surface area (Å²) in [4.78, 5) is 0. The molecule has 1 aliphatic rings. The van der Waals surface area contributed by atoms with Crippen molar-refractivity contribution in [2.75, 3.05) is 6.16 Å². The van der Waals surface area contributed by atoms with Gasteiger partial charge in [0.1, 0.15) is 0 Å². The molecule has 1 aliphatic heterocycles. The molecule has 2 unspecified atom stereocenters. The van der Waals surface area contributed by atoms with Crippen molar-refractivity contribution in [3.05, 3.63) is 0 Å². The fraction of sp³-hybridized carbons (Fsp3) is 1.00. The van der Waals surface area contributed by atoms with Gasteiger partial charge in [-0.1, -0.05) is 26.2 Å². The lowest BCUT2D eigenvalue weighted by Gasteiger charge is -2.05. The first-order chi connectivity index (χ1) is 5.34. The Labute approximate surface area is 70.4 Å². The van der Waals surface area contributed by atoms with Crippen LogP contribution in [0.15, 0.2) is 0 Å². The standard InChI is InChI=1S/C9H18OP/c1-2-3-4-6-9-7-5-8-11(9)10/h9H,2-8H2,1H3. The van der Waals surface area contributed by atoms with Crippen molar-refractivity contribution in [3.63, 3.8) is 0 Å². The van der Waals surface area contributed by atoms with Crippen LogP contribution in [-0.4, -0.2) is 11.8 Å². The number of hydrogen-bond donors (Lipinski definition) is 0. The Morgan fingerprint density at radius 1 is 1.45 bits per heavy atom. The van der Waals surface area contributed by atoms with Crippen molar-refractivity contribution in [3.8, 4) is 0 Å². The molecule has 1 fully saturated rings. The minimum atomic E-state index is -0.795. The lowest BCUT2D eigenvalue weighted by Crippen LogP contribution is -1.95. The van der Waals surface area contributed by atoms with Crippen LogP contribution in [0.25, 0.3) is 0 Å². The van der Waals surface area contributed by atoms with Crippen LogP contribution in [0, 0.1) is 0 Å². The van der Waals surface area contributed by atoms with Crippen molar-refractivity contribution in [2.45, 2.75) is 51.1 Å². The van der Waals surface area contributed by atoms with Crippen LogP contribution in [0.5, 0.6) is 0 Å². The van der Waals surface area contributed by atoms with E-state index in [0.29, 0.717) is 5.66 Å². The van der Waals surface area contributed by atoms with E-state index in [1.807, 2.05) is 0 Å². The molecule has 0 bridgehead atoms. The Kier molecular flexibility index (Phi) is 4.07. The predicted octanol–water partition coefficient (Wildman–Crippen LogP) is 3.56. The first-order valence-corrected chi connectivity index (χ1v) is 6.29. The second kappa shape index (κ2) is 4.87. The van der Waals surface area contributed by atoms with E-state index in [9.17, 15) is 4.57 Å². The fourth-order valence-corrected chi connectivity index (χ4v) is 3.53. The zero-order valence-corrected chi connectivity index (χ0v) is 8.28. The van der Waals surface area contributed by atoms with Gasteiger partial charge < -0.3 is 0 Å². The van der Waals surface area contributed by atoms with Gasteiger partial charge >= 0.3 is 0 Å². The fourth-order valence-electron chi connectivity index (χ4n) is 1.73. The minimum absolute atomic E-state index is 0.594. The van der Waals surface area contributed by atoms with Crippen molar-refractivity contribution in [1.82, 2.24) is 0 Å². The third-order valence-corrected chi connectivity index (χ3v) is 4.55. The molecule has 0 spiro atoms. The van der Waals surface area contributed by atoms with Crippen LogP contribution in [0.1, 0.15) is 45.4 Å². The molecule has 65 valence electrons. The molecular weight excluding hydrogens is 155 g/mol. The molecule has 0 N–H and O–H groups in total. The number of hydrogen-bond acceptors (Lipinski definition) is 1. The SMILES string of the molecule is CCCCCC1CCC[P]1=O. The molecule has 0 saturated carbocycles. The highest BCUT2D eigenvalue weighted by molar-refractivity contribution is 7.45. The zero-order chi connectivity index (χ0) is 8.10. The molecule has 1 saturated heterocycles. The first kappa shape index (κ1) is 9.19. The molecule has 11 heavy (non-hydrogen) atoms. The van der Waals surface area contributed by atoms with Crippen LogP contribution >= 0.6 is 7.80 Å². The third-order valence-electron chi connectivity index (χ3n) is 2.46. The van der Waals surface area contributed by atoms with E-state index in [1.54, 1.807) is 0 Å². The van der Waals surface area contributed by atoms with Gasteiger partial charge in [0.05, 0.1) is 7.80 Å². The quantitative estimate of drug-likeness (QED) is 0.469. The van der Waals surface area contributed by atoms with Crippen molar-refractivity contribution in [1.29, 1.82) is 0 Å². The molecule has 0 amide bonds. The van der Waals surface area contributed by atoms with Crippen LogP contribution in [0.2, 0.25) is 0 Å². The lowest BCUT2D eigenvalue weighted by molar-refractivity contribution is 0.570. The van der Waals surface area contributed by atoms with E-state index in [4.69, 9.17) is 0 Å². The average Bonchev–Trinajstić information content (AvgIpc) is 2.37. The van der Waals surface area contributed by atoms with Crippen LogP contribution < -0.4 is 0 Å². The summed E-state index contributed by atoms with van der Waals surface area (Å²) in [6.45, 7) is 2.22. The maximum atomic E-state index is 11.3. The van der Waals surface area contributed by atoms with E-state index in [0.717, 1.165) is 6.16 Å². The molecule has 2 atom stereocenters. The summed E-state index contributed by atoms with van der Waals surface area (Å²) < 4.78 is 11.3. The van der Waals surface area contributed by atoms with Gasteiger partial charge in [0.15, 0.2) is 0 Å². The summed E-state index contributed by atoms with van der Waals surface area (Å²) >= 11 is 0. The molecule has 0 aliphatic carbocycles. The summed E-state index contributed by atoms with van der Waals surface area (Å²) in [7, 11) is -0.795. The molecule has 1 rings (SSSR count). The normalized spacial score (nSPS) is 27.7. The largest absolute Gasteiger partial charge is 0.287 e. The topological polar surface area (TPSA) is 17.1 Å². The highest BCUT2D eigenvalue weighted by Gasteiger charge is 2.22. The Bertz CT molecular complexity index is 134. The summed E-state index contributed by atoms with van der Waals surface area (Å²) in [6.07, 6.45) is 8.57. The van der Waals surface area contributed by atoms with Gasteiger partial charge in [-0.15, -0.1) is 0 Å². The molecule has 1 nitrogen and oxygen atoms in total. The van der Waals surface area contributed by atoms with Crippen LogP contribution in [0.3, 0.4) is 0 Å². The molecular formula is C9H18OP. The molecule has 0 aromatic rings. The molecule has 1 radical (unpaired) electrons. The van der Waals surface area contributed by atoms with Gasteiger partial charge in [-0.05, 0) is 19.3 Å². The molecule has 0 aromatic carbocycles. The summed E-state index contributed by atoms with van der Waals surface area (Å²) in [5.74, 6) is 0. The summed E-state index contributed by atoms with van der Waals surface area (Å²) in [6, 6.07) is 0. The van der Waals surface area contributed by atoms with Crippen molar-refractivity contribution in [2.24, 2.45) is 0 Å². The Morgan fingerprint density at radius 3 is 2.82 bits per heavy atom. The molecule has 0 aromatic heterocycles. The summed E-state index contributed by atoms with van der Waals surface area (Å²) in [5.41, 5.74) is 0.594. The second-order valence-electron chi connectivity index (χ2n) is 3.43. The van der Waals surface area contributed by atoms with Gasteiger partial charge in [-0.3, -0.25) is 4.57 Å². The number of rotatable bonds is 4. The van der Waals surface area contributed by atoms with Crippen LogP contribution in [0.4, 0.5) is 0 Å². The highest BCUT2D eigenvalue weighted by atomic mass is 31.1. The van der Waals surface area contributed by atoms with Gasteiger partial charge in [0.25, 0.3) is 0 Å². The van der Waals surface area contributed by atoms with E-state index >= 15 is 0 Å². The lowest BCUT2D eigenvalue weighted by atomic mass is 10.1.